The summed E-state index contributed by atoms with van der Waals surface area (Å²) in [6.45, 7) is 3.01. The Labute approximate surface area is 125 Å². The molecule has 0 aliphatic carbocycles. The lowest BCUT2D eigenvalue weighted by Gasteiger charge is -2.30. The molecule has 0 atom stereocenters. The maximum Gasteiger partial charge on any atom is 0.332 e. The molecule has 1 aliphatic rings. The third kappa shape index (κ3) is 3.61. The van der Waals surface area contributed by atoms with Crippen LogP contribution >= 0.6 is 0 Å². The van der Waals surface area contributed by atoms with E-state index in [0.717, 1.165) is 43.5 Å². The molecule has 0 amide bonds. The van der Waals surface area contributed by atoms with E-state index in [1.165, 1.54) is 4.31 Å². The summed E-state index contributed by atoms with van der Waals surface area (Å²) in [5, 5.41) is 0. The summed E-state index contributed by atoms with van der Waals surface area (Å²) in [4.78, 5) is -0.545. The number of nitrogens with zero attached hydrogens (tertiary/aromatic N) is 1. The van der Waals surface area contributed by atoms with Crippen LogP contribution in [0.1, 0.15) is 26.2 Å². The molecule has 0 aromatic heterocycles. The zero-order valence-electron chi connectivity index (χ0n) is 11.7. The Morgan fingerprint density at radius 2 is 1.52 bits per heavy atom. The molecule has 118 valence electrons. The second-order valence-corrected chi connectivity index (χ2v) is 8.45. The zero-order valence-corrected chi connectivity index (χ0v) is 13.3. The van der Waals surface area contributed by atoms with Gasteiger partial charge in [-0.15, -0.1) is 3.89 Å². The number of rotatable bonds is 4. The van der Waals surface area contributed by atoms with Gasteiger partial charge in [-0.25, -0.2) is 8.42 Å². The highest BCUT2D eigenvalue weighted by molar-refractivity contribution is 7.89. The molecule has 8 heteroatoms. The summed E-state index contributed by atoms with van der Waals surface area (Å²) in [6, 6.07) is 4.21. The fraction of sp³-hybridized carbons (Fsp3) is 0.538. The molecule has 0 unspecified atom stereocenters. The Bertz CT molecular complexity index is 690. The first-order chi connectivity index (χ1) is 9.75. The summed E-state index contributed by atoms with van der Waals surface area (Å²) >= 11 is 0. The highest BCUT2D eigenvalue weighted by Gasteiger charge is 2.29. The van der Waals surface area contributed by atoms with Gasteiger partial charge in [0.05, 0.1) is 9.79 Å². The van der Waals surface area contributed by atoms with E-state index in [4.69, 9.17) is 0 Å². The minimum Gasteiger partial charge on any atom is -0.207 e. The third-order valence-corrected chi connectivity index (χ3v) is 6.64. The van der Waals surface area contributed by atoms with Gasteiger partial charge >= 0.3 is 10.2 Å². The first-order valence-electron chi connectivity index (χ1n) is 6.80. The number of hydrogen-bond donors (Lipinski definition) is 0. The minimum atomic E-state index is -4.81. The van der Waals surface area contributed by atoms with Gasteiger partial charge in [0.25, 0.3) is 0 Å². The summed E-state index contributed by atoms with van der Waals surface area (Å²) in [5.41, 5.74) is 0. The fourth-order valence-corrected chi connectivity index (χ4v) is 4.41. The summed E-state index contributed by atoms with van der Waals surface area (Å²) in [6.07, 6.45) is 2.69. The molecule has 0 bridgehead atoms. The smallest absolute Gasteiger partial charge is 0.207 e. The Kier molecular flexibility index (Phi) is 4.69. The SMILES string of the molecule is CCC1CCN(S(=O)(=O)c2ccc(S(=O)(=O)F)cc2)CC1. The van der Waals surface area contributed by atoms with E-state index < -0.39 is 25.1 Å². The number of benzene rings is 1. The quantitative estimate of drug-likeness (QED) is 0.791. The third-order valence-electron chi connectivity index (χ3n) is 3.89. The molecule has 1 aromatic carbocycles. The van der Waals surface area contributed by atoms with Crippen LogP contribution in [0, 0.1) is 5.92 Å². The van der Waals surface area contributed by atoms with Gasteiger partial charge in [-0.05, 0) is 43.0 Å². The molecular weight excluding hydrogens is 317 g/mol. The first-order valence-corrected chi connectivity index (χ1v) is 9.62. The lowest BCUT2D eigenvalue weighted by atomic mass is 9.96. The first kappa shape index (κ1) is 16.4. The average molecular weight is 335 g/mol. The number of hydrogen-bond acceptors (Lipinski definition) is 4. The minimum absolute atomic E-state index is 0.00940. The average Bonchev–Trinajstić information content (AvgIpc) is 2.46. The molecule has 0 saturated carbocycles. The van der Waals surface area contributed by atoms with E-state index in [0.29, 0.717) is 19.0 Å². The second-order valence-electron chi connectivity index (χ2n) is 5.16. The Hall–Kier alpha value is -0.990. The van der Waals surface area contributed by atoms with Crippen molar-refractivity contribution in [2.75, 3.05) is 13.1 Å². The van der Waals surface area contributed by atoms with Gasteiger partial charge in [-0.1, -0.05) is 13.3 Å². The van der Waals surface area contributed by atoms with Crippen molar-refractivity contribution in [2.45, 2.75) is 36.0 Å². The van der Waals surface area contributed by atoms with Gasteiger partial charge in [0.15, 0.2) is 0 Å². The molecule has 0 N–H and O–H groups in total. The normalized spacial score (nSPS) is 18.8. The predicted octanol–water partition coefficient (Wildman–Crippen LogP) is 2.16. The van der Waals surface area contributed by atoms with Crippen molar-refractivity contribution >= 4 is 20.2 Å². The second kappa shape index (κ2) is 6.02. The molecule has 0 spiro atoms. The summed E-state index contributed by atoms with van der Waals surface area (Å²) < 4.78 is 60.5. The van der Waals surface area contributed by atoms with Crippen LogP contribution in [0.2, 0.25) is 0 Å². The standard InChI is InChI=1S/C13H18FNO4S2/c1-2-11-7-9-15(10-8-11)21(18,19)13-5-3-12(4-6-13)20(14,16)17/h3-6,11H,2,7-10H2,1H3. The maximum atomic E-state index is 12.8. The molecule has 1 fully saturated rings. The number of piperidine rings is 1. The van der Waals surface area contributed by atoms with Crippen LogP contribution in [0.3, 0.4) is 0 Å². The lowest BCUT2D eigenvalue weighted by Crippen LogP contribution is -2.38. The van der Waals surface area contributed by atoms with Gasteiger partial charge in [-0.2, -0.15) is 12.7 Å². The molecule has 1 aliphatic heterocycles. The summed E-state index contributed by atoms with van der Waals surface area (Å²) in [5.74, 6) is 0.551. The molecule has 5 nitrogen and oxygen atoms in total. The van der Waals surface area contributed by atoms with Crippen LogP contribution in [0.15, 0.2) is 34.1 Å². The van der Waals surface area contributed by atoms with Crippen LogP contribution in [0.25, 0.3) is 0 Å². The Morgan fingerprint density at radius 1 is 1.05 bits per heavy atom. The molecule has 1 aromatic rings. The van der Waals surface area contributed by atoms with E-state index in [-0.39, 0.29) is 4.90 Å². The topological polar surface area (TPSA) is 71.5 Å². The predicted molar refractivity (Wildman–Crippen MR) is 76.5 cm³/mol. The van der Waals surface area contributed by atoms with E-state index in [1.54, 1.807) is 0 Å². The van der Waals surface area contributed by atoms with Gasteiger partial charge in [0.1, 0.15) is 0 Å². The Balaban J connectivity index is 2.21. The Morgan fingerprint density at radius 3 is 1.95 bits per heavy atom. The van der Waals surface area contributed by atoms with Crippen LogP contribution in [-0.2, 0) is 20.2 Å². The van der Waals surface area contributed by atoms with Gasteiger partial charge in [0, 0.05) is 13.1 Å². The van der Waals surface area contributed by atoms with E-state index in [9.17, 15) is 20.7 Å². The van der Waals surface area contributed by atoms with Crippen LogP contribution < -0.4 is 0 Å². The highest BCUT2D eigenvalue weighted by atomic mass is 32.3. The lowest BCUT2D eigenvalue weighted by molar-refractivity contribution is 0.269. The van der Waals surface area contributed by atoms with Crippen molar-refractivity contribution in [3.05, 3.63) is 24.3 Å². The summed E-state index contributed by atoms with van der Waals surface area (Å²) in [7, 11) is -8.45. The van der Waals surface area contributed by atoms with Crippen molar-refractivity contribution in [3.8, 4) is 0 Å². The van der Waals surface area contributed by atoms with Crippen molar-refractivity contribution in [2.24, 2.45) is 5.92 Å². The number of halogens is 1. The van der Waals surface area contributed by atoms with Gasteiger partial charge in [-0.3, -0.25) is 0 Å². The van der Waals surface area contributed by atoms with Crippen molar-refractivity contribution in [1.82, 2.24) is 4.31 Å². The molecule has 1 saturated heterocycles. The zero-order chi connectivity index (χ0) is 15.7. The van der Waals surface area contributed by atoms with Crippen LogP contribution in [0.4, 0.5) is 3.89 Å². The van der Waals surface area contributed by atoms with Crippen LogP contribution in [0.5, 0.6) is 0 Å². The van der Waals surface area contributed by atoms with Crippen molar-refractivity contribution in [1.29, 1.82) is 0 Å². The molecular formula is C13H18FNO4S2. The highest BCUT2D eigenvalue weighted by Crippen LogP contribution is 2.26. The van der Waals surface area contributed by atoms with Gasteiger partial charge in [0.2, 0.25) is 10.0 Å². The largest absolute Gasteiger partial charge is 0.332 e. The van der Waals surface area contributed by atoms with E-state index in [2.05, 4.69) is 6.92 Å². The fourth-order valence-electron chi connectivity index (χ4n) is 2.48. The number of sulfonamides is 1. The molecule has 1 heterocycles. The van der Waals surface area contributed by atoms with Crippen LogP contribution in [-0.4, -0.2) is 34.2 Å². The maximum absolute atomic E-state index is 12.8. The van der Waals surface area contributed by atoms with Crippen molar-refractivity contribution < 1.29 is 20.7 Å². The molecule has 0 radical (unpaired) electrons. The molecule has 2 rings (SSSR count). The van der Waals surface area contributed by atoms with E-state index >= 15 is 0 Å². The van der Waals surface area contributed by atoms with E-state index in [1.807, 2.05) is 0 Å². The van der Waals surface area contributed by atoms with Crippen molar-refractivity contribution in [3.63, 3.8) is 0 Å². The monoisotopic (exact) mass is 335 g/mol. The molecule has 21 heavy (non-hydrogen) atoms. The van der Waals surface area contributed by atoms with Gasteiger partial charge < -0.3 is 0 Å².